The van der Waals surface area contributed by atoms with E-state index in [1.165, 1.54) is 11.1 Å². The minimum Gasteiger partial charge on any atom is -0.280 e. The molecule has 0 fully saturated rings. The van der Waals surface area contributed by atoms with Crippen LogP contribution in [0.5, 0.6) is 0 Å². The Kier molecular flexibility index (Phi) is 4.22. The molecule has 4 rings (SSSR count). The van der Waals surface area contributed by atoms with Crippen LogP contribution in [0.2, 0.25) is 5.02 Å². The Labute approximate surface area is 150 Å². The van der Waals surface area contributed by atoms with Crippen molar-refractivity contribution in [3.05, 3.63) is 75.8 Å². The van der Waals surface area contributed by atoms with Crippen LogP contribution in [0.4, 0.5) is 0 Å². The molecule has 0 aliphatic carbocycles. The molecule has 3 aromatic rings. The fourth-order valence-electron chi connectivity index (χ4n) is 3.10. The van der Waals surface area contributed by atoms with E-state index in [9.17, 15) is 0 Å². The van der Waals surface area contributed by atoms with E-state index in [4.69, 9.17) is 23.8 Å². The molecule has 2 heterocycles. The lowest BCUT2D eigenvalue weighted by Crippen LogP contribution is -2.32. The normalized spacial score (nSPS) is 14.5. The minimum atomic E-state index is 0.677. The van der Waals surface area contributed by atoms with Gasteiger partial charge in [-0.3, -0.25) is 9.47 Å². The molecular formula is C18H17ClN4S. The fourth-order valence-corrected chi connectivity index (χ4v) is 3.54. The summed E-state index contributed by atoms with van der Waals surface area (Å²) in [7, 11) is 0. The van der Waals surface area contributed by atoms with Gasteiger partial charge in [-0.05, 0) is 48.0 Å². The average Bonchev–Trinajstić information content (AvgIpc) is 2.95. The fraction of sp³-hybridized carbons (Fsp3) is 0.222. The van der Waals surface area contributed by atoms with E-state index in [0.717, 1.165) is 25.2 Å². The highest BCUT2D eigenvalue weighted by Gasteiger charge is 2.16. The van der Waals surface area contributed by atoms with Gasteiger partial charge in [0.05, 0.1) is 12.4 Å². The molecule has 0 spiro atoms. The van der Waals surface area contributed by atoms with Gasteiger partial charge in [-0.15, -0.1) is 0 Å². The van der Waals surface area contributed by atoms with Gasteiger partial charge in [-0.2, -0.15) is 5.10 Å². The summed E-state index contributed by atoms with van der Waals surface area (Å²) in [6, 6.07) is 16.3. The third kappa shape index (κ3) is 3.02. The maximum absolute atomic E-state index is 6.07. The van der Waals surface area contributed by atoms with E-state index in [-0.39, 0.29) is 0 Å². The van der Waals surface area contributed by atoms with Crippen LogP contribution >= 0.6 is 23.8 Å². The van der Waals surface area contributed by atoms with Crippen molar-refractivity contribution in [3.63, 3.8) is 0 Å². The first-order chi connectivity index (χ1) is 11.7. The topological polar surface area (TPSA) is 26.0 Å². The van der Waals surface area contributed by atoms with Crippen LogP contribution in [0, 0.1) is 4.77 Å². The number of halogens is 1. The molecule has 1 aliphatic heterocycles. The molecule has 1 aliphatic rings. The van der Waals surface area contributed by atoms with Crippen LogP contribution < -0.4 is 0 Å². The molecule has 0 saturated carbocycles. The highest BCUT2D eigenvalue weighted by molar-refractivity contribution is 7.71. The van der Waals surface area contributed by atoms with Gasteiger partial charge in [0.15, 0.2) is 0 Å². The van der Waals surface area contributed by atoms with Crippen LogP contribution in [0.3, 0.4) is 0 Å². The smallest absolute Gasteiger partial charge is 0.203 e. The van der Waals surface area contributed by atoms with E-state index >= 15 is 0 Å². The molecule has 6 heteroatoms. The second kappa shape index (κ2) is 6.51. The summed E-state index contributed by atoms with van der Waals surface area (Å²) >= 11 is 11.7. The van der Waals surface area contributed by atoms with Gasteiger partial charge < -0.3 is 0 Å². The van der Waals surface area contributed by atoms with Crippen molar-refractivity contribution in [2.45, 2.75) is 19.6 Å². The highest BCUT2D eigenvalue weighted by atomic mass is 35.5. The van der Waals surface area contributed by atoms with Crippen molar-refractivity contribution in [2.75, 3.05) is 6.54 Å². The third-order valence-corrected chi connectivity index (χ3v) is 5.01. The molecule has 122 valence electrons. The SMILES string of the molecule is S=c1n(-c2cccc(Cl)c2)cnn1CN1CCc2ccccc2C1. The second-order valence-electron chi connectivity index (χ2n) is 5.98. The molecule has 4 nitrogen and oxygen atoms in total. The van der Waals surface area contributed by atoms with E-state index in [2.05, 4.69) is 34.3 Å². The molecule has 0 radical (unpaired) electrons. The van der Waals surface area contributed by atoms with Crippen molar-refractivity contribution >= 4 is 23.8 Å². The van der Waals surface area contributed by atoms with Gasteiger partial charge >= 0.3 is 0 Å². The molecule has 0 bridgehead atoms. The largest absolute Gasteiger partial charge is 0.280 e. The first kappa shape index (κ1) is 15.6. The number of fused-ring (bicyclic) bond motifs is 1. The number of rotatable bonds is 3. The summed E-state index contributed by atoms with van der Waals surface area (Å²) in [5, 5.41) is 5.15. The molecule has 1 aromatic heterocycles. The monoisotopic (exact) mass is 356 g/mol. The first-order valence-electron chi connectivity index (χ1n) is 7.90. The third-order valence-electron chi connectivity index (χ3n) is 4.36. The van der Waals surface area contributed by atoms with Gasteiger partial charge in [0, 0.05) is 18.1 Å². The molecular weight excluding hydrogens is 340 g/mol. The Morgan fingerprint density at radius 3 is 2.75 bits per heavy atom. The predicted octanol–water partition coefficient (Wildman–Crippen LogP) is 4.07. The lowest BCUT2D eigenvalue weighted by Gasteiger charge is -2.28. The summed E-state index contributed by atoms with van der Waals surface area (Å²) in [4.78, 5) is 2.37. The summed E-state index contributed by atoms with van der Waals surface area (Å²) in [5.41, 5.74) is 3.77. The van der Waals surface area contributed by atoms with Gasteiger partial charge in [-0.25, -0.2) is 4.68 Å². The van der Waals surface area contributed by atoms with Crippen molar-refractivity contribution in [2.24, 2.45) is 0 Å². The Bertz CT molecular complexity index is 931. The molecule has 0 unspecified atom stereocenters. The van der Waals surface area contributed by atoms with Crippen molar-refractivity contribution in [1.82, 2.24) is 19.2 Å². The van der Waals surface area contributed by atoms with Gasteiger partial charge in [0.2, 0.25) is 4.77 Å². The number of benzene rings is 2. The average molecular weight is 357 g/mol. The zero-order valence-electron chi connectivity index (χ0n) is 13.1. The molecule has 0 amide bonds. The van der Waals surface area contributed by atoms with E-state index in [1.54, 1.807) is 6.33 Å². The Balaban J connectivity index is 1.56. The zero-order chi connectivity index (χ0) is 16.5. The lowest BCUT2D eigenvalue weighted by molar-refractivity contribution is 0.188. The highest BCUT2D eigenvalue weighted by Crippen LogP contribution is 2.19. The van der Waals surface area contributed by atoms with Crippen LogP contribution in [-0.4, -0.2) is 25.8 Å². The van der Waals surface area contributed by atoms with Crippen LogP contribution in [0.1, 0.15) is 11.1 Å². The first-order valence-corrected chi connectivity index (χ1v) is 8.69. The van der Waals surface area contributed by atoms with Gasteiger partial charge in [-0.1, -0.05) is 41.9 Å². The summed E-state index contributed by atoms with van der Waals surface area (Å²) < 4.78 is 4.43. The number of hydrogen-bond acceptors (Lipinski definition) is 3. The number of nitrogens with zero attached hydrogens (tertiary/aromatic N) is 4. The second-order valence-corrected chi connectivity index (χ2v) is 6.78. The van der Waals surface area contributed by atoms with E-state index in [1.807, 2.05) is 33.5 Å². The standard InChI is InChI=1S/C18H17ClN4S/c19-16-6-3-7-17(10-16)22-12-20-23(18(22)24)13-21-9-8-14-4-1-2-5-15(14)11-21/h1-7,10,12H,8-9,11,13H2. The predicted molar refractivity (Wildman–Crippen MR) is 98.0 cm³/mol. The zero-order valence-corrected chi connectivity index (χ0v) is 14.7. The van der Waals surface area contributed by atoms with E-state index < -0.39 is 0 Å². The molecule has 24 heavy (non-hydrogen) atoms. The summed E-state index contributed by atoms with van der Waals surface area (Å²) in [6.07, 6.45) is 2.82. The molecule has 2 aromatic carbocycles. The summed E-state index contributed by atoms with van der Waals surface area (Å²) in [5.74, 6) is 0. The van der Waals surface area contributed by atoms with Crippen molar-refractivity contribution in [1.29, 1.82) is 0 Å². The summed E-state index contributed by atoms with van der Waals surface area (Å²) in [6.45, 7) is 2.64. The maximum Gasteiger partial charge on any atom is 0.203 e. The Morgan fingerprint density at radius 2 is 1.92 bits per heavy atom. The molecule has 0 saturated heterocycles. The van der Waals surface area contributed by atoms with Crippen LogP contribution in [-0.2, 0) is 19.6 Å². The Hall–Kier alpha value is -1.95. The quantitative estimate of drug-likeness (QED) is 0.661. The van der Waals surface area contributed by atoms with Gasteiger partial charge in [0.25, 0.3) is 0 Å². The molecule has 0 N–H and O–H groups in total. The van der Waals surface area contributed by atoms with E-state index in [0.29, 0.717) is 16.5 Å². The number of aromatic nitrogens is 3. The van der Waals surface area contributed by atoms with Crippen molar-refractivity contribution < 1.29 is 0 Å². The van der Waals surface area contributed by atoms with Gasteiger partial charge in [0.1, 0.15) is 6.33 Å². The number of hydrogen-bond donors (Lipinski definition) is 0. The lowest BCUT2D eigenvalue weighted by atomic mass is 10.0. The van der Waals surface area contributed by atoms with Crippen LogP contribution in [0.15, 0.2) is 54.9 Å². The van der Waals surface area contributed by atoms with Crippen LogP contribution in [0.25, 0.3) is 5.69 Å². The van der Waals surface area contributed by atoms with Crippen molar-refractivity contribution in [3.8, 4) is 5.69 Å². The maximum atomic E-state index is 6.07. The molecule has 0 atom stereocenters. The minimum absolute atomic E-state index is 0.677. The Morgan fingerprint density at radius 1 is 1.08 bits per heavy atom.